The SMILES string of the molecule is Fc1cccc(NC2CCOC3(CCC3)C2)c1. The van der Waals surface area contributed by atoms with E-state index in [0.717, 1.165) is 25.1 Å². The molecule has 1 aromatic rings. The molecule has 1 N–H and O–H groups in total. The van der Waals surface area contributed by atoms with E-state index in [4.69, 9.17) is 4.74 Å². The third-order valence-electron chi connectivity index (χ3n) is 3.95. The number of hydrogen-bond donors (Lipinski definition) is 1. The summed E-state index contributed by atoms with van der Waals surface area (Å²) >= 11 is 0. The molecule has 1 saturated heterocycles. The van der Waals surface area contributed by atoms with Gasteiger partial charge in [-0.15, -0.1) is 0 Å². The molecule has 0 radical (unpaired) electrons. The van der Waals surface area contributed by atoms with Crippen molar-refractivity contribution in [3.05, 3.63) is 30.1 Å². The van der Waals surface area contributed by atoms with Crippen LogP contribution in [0.3, 0.4) is 0 Å². The maximum absolute atomic E-state index is 13.1. The predicted octanol–water partition coefficient (Wildman–Crippen LogP) is 3.34. The van der Waals surface area contributed by atoms with Gasteiger partial charge in [-0.1, -0.05) is 6.07 Å². The Hall–Kier alpha value is -1.09. The molecule has 2 fully saturated rings. The Balaban J connectivity index is 1.65. The van der Waals surface area contributed by atoms with Crippen LogP contribution < -0.4 is 5.32 Å². The van der Waals surface area contributed by atoms with Gasteiger partial charge in [-0.2, -0.15) is 0 Å². The first kappa shape index (κ1) is 11.0. The first-order chi connectivity index (χ1) is 8.26. The molecule has 1 unspecified atom stereocenters. The quantitative estimate of drug-likeness (QED) is 0.848. The maximum atomic E-state index is 13.1. The monoisotopic (exact) mass is 235 g/mol. The topological polar surface area (TPSA) is 21.3 Å². The predicted molar refractivity (Wildman–Crippen MR) is 65.6 cm³/mol. The summed E-state index contributed by atoms with van der Waals surface area (Å²) in [6.45, 7) is 0.826. The smallest absolute Gasteiger partial charge is 0.125 e. The fraction of sp³-hybridized carbons (Fsp3) is 0.571. The van der Waals surface area contributed by atoms with Gasteiger partial charge < -0.3 is 10.1 Å². The van der Waals surface area contributed by atoms with E-state index < -0.39 is 0 Å². The molecule has 0 aromatic heterocycles. The summed E-state index contributed by atoms with van der Waals surface area (Å²) < 4.78 is 19.0. The van der Waals surface area contributed by atoms with Crippen LogP contribution in [0.15, 0.2) is 24.3 Å². The molecule has 92 valence electrons. The van der Waals surface area contributed by atoms with Crippen LogP contribution in [0.5, 0.6) is 0 Å². The van der Waals surface area contributed by atoms with Gasteiger partial charge in [-0.05, 0) is 50.3 Å². The van der Waals surface area contributed by atoms with Crippen molar-refractivity contribution in [2.75, 3.05) is 11.9 Å². The van der Waals surface area contributed by atoms with Crippen LogP contribution in [0, 0.1) is 5.82 Å². The molecule has 1 aliphatic carbocycles. The van der Waals surface area contributed by atoms with Gasteiger partial charge in [0.2, 0.25) is 0 Å². The van der Waals surface area contributed by atoms with E-state index in [9.17, 15) is 4.39 Å². The Labute approximate surface area is 101 Å². The van der Waals surface area contributed by atoms with E-state index >= 15 is 0 Å². The first-order valence-corrected chi connectivity index (χ1v) is 6.42. The fourth-order valence-electron chi connectivity index (χ4n) is 2.88. The first-order valence-electron chi connectivity index (χ1n) is 6.42. The Kier molecular flexibility index (Phi) is 2.79. The zero-order valence-electron chi connectivity index (χ0n) is 9.92. The molecule has 0 bridgehead atoms. The van der Waals surface area contributed by atoms with Crippen molar-refractivity contribution in [2.45, 2.75) is 43.7 Å². The lowest BCUT2D eigenvalue weighted by atomic mass is 9.74. The largest absolute Gasteiger partial charge is 0.382 e. The normalized spacial score (nSPS) is 26.5. The minimum atomic E-state index is -0.180. The van der Waals surface area contributed by atoms with E-state index in [1.165, 1.54) is 25.3 Å². The maximum Gasteiger partial charge on any atom is 0.125 e. The van der Waals surface area contributed by atoms with Gasteiger partial charge in [0, 0.05) is 18.3 Å². The lowest BCUT2D eigenvalue weighted by molar-refractivity contribution is -0.130. The molecule has 3 rings (SSSR count). The van der Waals surface area contributed by atoms with Gasteiger partial charge in [-0.25, -0.2) is 4.39 Å². The van der Waals surface area contributed by atoms with Crippen molar-refractivity contribution in [2.24, 2.45) is 0 Å². The van der Waals surface area contributed by atoms with Crippen LogP contribution in [0.2, 0.25) is 0 Å². The lowest BCUT2D eigenvalue weighted by Gasteiger charge is -2.47. The summed E-state index contributed by atoms with van der Waals surface area (Å²) in [5.74, 6) is -0.180. The molecule has 0 amide bonds. The number of nitrogens with one attached hydrogen (secondary N) is 1. The highest BCUT2D eigenvalue weighted by Crippen LogP contribution is 2.42. The molecule has 3 heteroatoms. The van der Waals surface area contributed by atoms with Crippen molar-refractivity contribution >= 4 is 5.69 Å². The number of ether oxygens (including phenoxy) is 1. The molecule has 2 aliphatic rings. The van der Waals surface area contributed by atoms with Crippen molar-refractivity contribution in [3.63, 3.8) is 0 Å². The molecule has 1 atom stereocenters. The number of benzene rings is 1. The standard InChI is InChI=1S/C14H18FNO/c15-11-3-1-4-12(9-11)16-13-5-8-17-14(10-13)6-2-7-14/h1,3-4,9,13,16H,2,5-8,10H2. The van der Waals surface area contributed by atoms with Crippen LogP contribution >= 0.6 is 0 Å². The summed E-state index contributed by atoms with van der Waals surface area (Å²) in [6, 6.07) is 7.12. The van der Waals surface area contributed by atoms with Crippen molar-refractivity contribution in [1.29, 1.82) is 0 Å². The highest BCUT2D eigenvalue weighted by molar-refractivity contribution is 5.44. The van der Waals surface area contributed by atoms with E-state index in [-0.39, 0.29) is 11.4 Å². The third-order valence-corrected chi connectivity index (χ3v) is 3.95. The van der Waals surface area contributed by atoms with E-state index in [1.807, 2.05) is 6.07 Å². The van der Waals surface area contributed by atoms with Crippen LogP contribution in [-0.4, -0.2) is 18.2 Å². The summed E-state index contributed by atoms with van der Waals surface area (Å²) in [5.41, 5.74) is 1.02. The second kappa shape index (κ2) is 4.30. The van der Waals surface area contributed by atoms with Crippen molar-refractivity contribution in [3.8, 4) is 0 Å². The number of rotatable bonds is 2. The highest BCUT2D eigenvalue weighted by Gasteiger charge is 2.42. The highest BCUT2D eigenvalue weighted by atomic mass is 19.1. The van der Waals surface area contributed by atoms with Crippen LogP contribution in [0.25, 0.3) is 0 Å². The van der Waals surface area contributed by atoms with Gasteiger partial charge >= 0.3 is 0 Å². The molecule has 17 heavy (non-hydrogen) atoms. The summed E-state index contributed by atoms with van der Waals surface area (Å²) in [4.78, 5) is 0. The molecule has 1 aromatic carbocycles. The van der Waals surface area contributed by atoms with Gasteiger partial charge in [0.25, 0.3) is 0 Å². The minimum absolute atomic E-state index is 0.142. The van der Waals surface area contributed by atoms with Crippen LogP contribution in [0.1, 0.15) is 32.1 Å². The molecule has 1 spiro atoms. The minimum Gasteiger partial charge on any atom is -0.382 e. The second-order valence-electron chi connectivity index (χ2n) is 5.23. The Morgan fingerprint density at radius 1 is 1.35 bits per heavy atom. The van der Waals surface area contributed by atoms with Crippen molar-refractivity contribution in [1.82, 2.24) is 0 Å². The van der Waals surface area contributed by atoms with E-state index in [0.29, 0.717) is 6.04 Å². The number of anilines is 1. The lowest BCUT2D eigenvalue weighted by Crippen LogP contribution is -2.49. The molecule has 1 aliphatic heterocycles. The Morgan fingerprint density at radius 3 is 2.94 bits per heavy atom. The summed E-state index contributed by atoms with van der Waals surface area (Å²) in [7, 11) is 0. The second-order valence-corrected chi connectivity index (χ2v) is 5.23. The van der Waals surface area contributed by atoms with Crippen molar-refractivity contribution < 1.29 is 9.13 Å². The Bertz CT molecular complexity index is 403. The van der Waals surface area contributed by atoms with Gasteiger partial charge in [0.1, 0.15) is 5.82 Å². The Morgan fingerprint density at radius 2 is 2.24 bits per heavy atom. The van der Waals surface area contributed by atoms with Gasteiger partial charge in [0.05, 0.1) is 5.60 Å². The molecule has 1 saturated carbocycles. The third kappa shape index (κ3) is 2.29. The van der Waals surface area contributed by atoms with E-state index in [1.54, 1.807) is 12.1 Å². The number of halogens is 1. The van der Waals surface area contributed by atoms with Crippen LogP contribution in [-0.2, 0) is 4.74 Å². The zero-order chi connectivity index (χ0) is 11.7. The molecule has 2 nitrogen and oxygen atoms in total. The molecular weight excluding hydrogens is 217 g/mol. The van der Waals surface area contributed by atoms with Gasteiger partial charge in [-0.3, -0.25) is 0 Å². The van der Waals surface area contributed by atoms with Gasteiger partial charge in [0.15, 0.2) is 0 Å². The summed E-state index contributed by atoms with van der Waals surface area (Å²) in [6.07, 6.45) is 5.73. The zero-order valence-corrected chi connectivity index (χ0v) is 9.92. The summed E-state index contributed by atoms with van der Waals surface area (Å²) in [5, 5.41) is 3.43. The average molecular weight is 235 g/mol. The number of hydrogen-bond acceptors (Lipinski definition) is 2. The van der Waals surface area contributed by atoms with Crippen LogP contribution in [0.4, 0.5) is 10.1 Å². The fourth-order valence-corrected chi connectivity index (χ4v) is 2.88. The molecular formula is C14H18FNO. The molecule has 1 heterocycles. The average Bonchev–Trinajstić information content (AvgIpc) is 2.27. The van der Waals surface area contributed by atoms with E-state index in [2.05, 4.69) is 5.32 Å².